The highest BCUT2D eigenvalue weighted by atomic mass is 19.4. The van der Waals surface area contributed by atoms with Crippen molar-refractivity contribution in [2.75, 3.05) is 40.5 Å². The van der Waals surface area contributed by atoms with Crippen LogP contribution in [-0.4, -0.2) is 77.5 Å². The van der Waals surface area contributed by atoms with Crippen molar-refractivity contribution in [2.45, 2.75) is 38.5 Å². The Morgan fingerprint density at radius 1 is 0.918 bits per heavy atom. The number of carbonyl (C=O) groups excluding carboxylic acids is 3. The van der Waals surface area contributed by atoms with Gasteiger partial charge < -0.3 is 33.1 Å². The van der Waals surface area contributed by atoms with Gasteiger partial charge in [-0.15, -0.1) is 0 Å². The van der Waals surface area contributed by atoms with Gasteiger partial charge >= 0.3 is 12.1 Å². The summed E-state index contributed by atoms with van der Waals surface area (Å²) in [5.74, 6) is -1.44. The molecule has 0 spiro atoms. The average molecular weight is 685 g/mol. The van der Waals surface area contributed by atoms with E-state index in [-0.39, 0.29) is 54.7 Å². The largest absolute Gasteiger partial charge is 0.493 e. The van der Waals surface area contributed by atoms with E-state index in [1.54, 1.807) is 17.0 Å². The lowest BCUT2D eigenvalue weighted by molar-refractivity contribution is -0.150. The predicted octanol–water partition coefficient (Wildman–Crippen LogP) is 4.51. The molecule has 0 N–H and O–H groups in total. The molecule has 1 unspecified atom stereocenters. The number of hydrogen-bond donors (Lipinski definition) is 0. The summed E-state index contributed by atoms with van der Waals surface area (Å²) in [5, 5.41) is 0. The zero-order chi connectivity index (χ0) is 35.0. The number of hydrogen-bond acceptors (Lipinski definition) is 8. The number of halogens is 4. The van der Waals surface area contributed by atoms with Gasteiger partial charge in [0.15, 0.2) is 24.7 Å². The van der Waals surface area contributed by atoms with Gasteiger partial charge in [-0.1, -0.05) is 6.07 Å². The second-order valence-electron chi connectivity index (χ2n) is 11.6. The van der Waals surface area contributed by atoms with E-state index in [9.17, 15) is 27.6 Å². The van der Waals surface area contributed by atoms with E-state index in [0.717, 1.165) is 29.3 Å². The van der Waals surface area contributed by atoms with Crippen LogP contribution < -0.4 is 14.2 Å². The Kier molecular flexibility index (Phi) is 9.10. The predicted molar refractivity (Wildman–Crippen MR) is 165 cm³/mol. The first-order chi connectivity index (χ1) is 23.4. The molecule has 258 valence electrons. The lowest BCUT2D eigenvalue weighted by Gasteiger charge is -2.36. The van der Waals surface area contributed by atoms with E-state index in [4.69, 9.17) is 18.9 Å². The van der Waals surface area contributed by atoms with Crippen molar-refractivity contribution in [1.29, 1.82) is 0 Å². The van der Waals surface area contributed by atoms with Gasteiger partial charge in [-0.3, -0.25) is 14.4 Å². The molecule has 2 aliphatic heterocycles. The minimum atomic E-state index is -4.60. The van der Waals surface area contributed by atoms with Crippen molar-refractivity contribution >= 4 is 23.4 Å². The van der Waals surface area contributed by atoms with Crippen LogP contribution in [0.3, 0.4) is 0 Å². The molecule has 1 atom stereocenters. The molecule has 0 saturated heterocycles. The quantitative estimate of drug-likeness (QED) is 0.197. The third-order valence-corrected chi connectivity index (χ3v) is 8.65. The first-order valence-electron chi connectivity index (χ1n) is 15.3. The Labute approximate surface area is 277 Å². The molecule has 2 aliphatic rings. The average Bonchev–Trinajstić information content (AvgIpc) is 3.46. The second kappa shape index (κ2) is 13.3. The number of carbonyl (C=O) groups is 3. The highest BCUT2D eigenvalue weighted by Crippen LogP contribution is 2.41. The highest BCUT2D eigenvalue weighted by Gasteiger charge is 2.39. The fourth-order valence-corrected chi connectivity index (χ4v) is 6.25. The molecule has 0 radical (unpaired) electrons. The number of ether oxygens (including phenoxy) is 4. The van der Waals surface area contributed by atoms with E-state index in [1.807, 2.05) is 6.07 Å². The fourth-order valence-electron chi connectivity index (χ4n) is 6.25. The highest BCUT2D eigenvalue weighted by molar-refractivity contribution is 5.81. The van der Waals surface area contributed by atoms with Crippen molar-refractivity contribution < 1.29 is 50.9 Å². The van der Waals surface area contributed by atoms with Crippen molar-refractivity contribution in [2.24, 2.45) is 0 Å². The van der Waals surface area contributed by atoms with Crippen LogP contribution in [0.5, 0.6) is 17.2 Å². The number of amides is 2. The molecule has 2 aromatic carbocycles. The van der Waals surface area contributed by atoms with Crippen molar-refractivity contribution in [3.8, 4) is 17.2 Å². The smallest absolute Gasteiger partial charge is 0.416 e. The topological polar surface area (TPSA) is 112 Å². The Balaban J connectivity index is 1.30. The van der Waals surface area contributed by atoms with Gasteiger partial charge in [0, 0.05) is 50.8 Å². The van der Waals surface area contributed by atoms with E-state index in [0.29, 0.717) is 30.1 Å². The number of alkyl halides is 3. The SMILES string of the molecule is COc1cc(F)c(C2c3c(nc4cc(C(F)(F)F)ccn34)CCN2C(=O)COc2ccc3c(c2)CN(C(=O)COC(C)=O)CC3)cc1OC. The van der Waals surface area contributed by atoms with Gasteiger partial charge in [-0.25, -0.2) is 9.37 Å². The third-order valence-electron chi connectivity index (χ3n) is 8.65. The number of fused-ring (bicyclic) bond motifs is 4. The Morgan fingerprint density at radius 2 is 1.67 bits per heavy atom. The minimum Gasteiger partial charge on any atom is -0.493 e. The van der Waals surface area contributed by atoms with Gasteiger partial charge in [-0.2, -0.15) is 13.2 Å². The van der Waals surface area contributed by atoms with Crippen LogP contribution in [-0.2, 0) is 44.7 Å². The molecule has 0 fully saturated rings. The molecule has 0 bridgehead atoms. The molecule has 49 heavy (non-hydrogen) atoms. The summed E-state index contributed by atoms with van der Waals surface area (Å²) in [4.78, 5) is 45.0. The van der Waals surface area contributed by atoms with Gasteiger partial charge in [0.2, 0.25) is 0 Å². The number of methoxy groups -OCH3 is 2. The maximum Gasteiger partial charge on any atom is 0.416 e. The second-order valence-corrected chi connectivity index (χ2v) is 11.6. The summed E-state index contributed by atoms with van der Waals surface area (Å²) in [5.41, 5.74) is 1.71. The number of nitrogens with zero attached hydrogens (tertiary/aromatic N) is 4. The van der Waals surface area contributed by atoms with Gasteiger partial charge in [0.05, 0.1) is 31.2 Å². The fraction of sp³-hybridized carbons (Fsp3) is 0.353. The number of imidazole rings is 1. The Hall–Kier alpha value is -5.34. The lowest BCUT2D eigenvalue weighted by atomic mass is 9.94. The summed E-state index contributed by atoms with van der Waals surface area (Å²) in [7, 11) is 2.73. The molecule has 4 heterocycles. The zero-order valence-corrected chi connectivity index (χ0v) is 26.8. The van der Waals surface area contributed by atoms with Crippen LogP contribution in [0.2, 0.25) is 0 Å². The van der Waals surface area contributed by atoms with Crippen LogP contribution in [0.4, 0.5) is 17.6 Å². The summed E-state index contributed by atoms with van der Waals surface area (Å²) < 4.78 is 79.3. The van der Waals surface area contributed by atoms with Crippen molar-refractivity contribution in [3.05, 3.63) is 88.1 Å². The molecule has 4 aromatic rings. The van der Waals surface area contributed by atoms with Gasteiger partial charge in [0.25, 0.3) is 11.8 Å². The van der Waals surface area contributed by atoms with E-state index >= 15 is 4.39 Å². The van der Waals surface area contributed by atoms with E-state index < -0.39 is 42.1 Å². The van der Waals surface area contributed by atoms with Crippen molar-refractivity contribution in [1.82, 2.24) is 19.2 Å². The van der Waals surface area contributed by atoms with Gasteiger partial charge in [0.1, 0.15) is 23.3 Å². The summed E-state index contributed by atoms with van der Waals surface area (Å²) in [6.07, 6.45) is -2.60. The minimum absolute atomic E-state index is 0.00528. The van der Waals surface area contributed by atoms with Crippen LogP contribution in [0.1, 0.15) is 46.6 Å². The maximum atomic E-state index is 15.8. The molecule has 11 nitrogen and oxygen atoms in total. The number of rotatable bonds is 8. The molecule has 2 aromatic heterocycles. The Morgan fingerprint density at radius 3 is 2.39 bits per heavy atom. The number of aromatic nitrogens is 2. The molecule has 0 aliphatic carbocycles. The monoisotopic (exact) mass is 684 g/mol. The lowest BCUT2D eigenvalue weighted by Crippen LogP contribution is -2.43. The number of benzene rings is 2. The maximum absolute atomic E-state index is 15.8. The first-order valence-corrected chi connectivity index (χ1v) is 15.3. The van der Waals surface area contributed by atoms with E-state index in [2.05, 4.69) is 4.98 Å². The standard InChI is InChI=1S/C34H32F4N4O7/c1-19(43)48-17-30(44)40-9-6-20-4-5-23(12-21(20)16-40)49-18-31(45)42-11-8-26-33(41-10-7-22(34(36,37)38)13-29(41)39-26)32(42)24-14-27(46-2)28(47-3)15-25(24)35/h4-5,7,10,12-15,32H,6,8-9,11,16-18H2,1-3H3. The van der Waals surface area contributed by atoms with Crippen LogP contribution >= 0.6 is 0 Å². The third kappa shape index (κ3) is 6.69. The first kappa shape index (κ1) is 33.6. The summed E-state index contributed by atoms with van der Waals surface area (Å²) >= 11 is 0. The van der Waals surface area contributed by atoms with Gasteiger partial charge in [-0.05, 0) is 47.9 Å². The summed E-state index contributed by atoms with van der Waals surface area (Å²) in [6, 6.07) is 8.54. The number of esters is 1. The molecular weight excluding hydrogens is 652 g/mol. The molecule has 15 heteroatoms. The van der Waals surface area contributed by atoms with E-state index in [1.165, 1.54) is 42.7 Å². The van der Waals surface area contributed by atoms with Crippen LogP contribution in [0, 0.1) is 5.82 Å². The Bertz CT molecular complexity index is 1940. The molecule has 0 saturated carbocycles. The number of pyridine rings is 1. The van der Waals surface area contributed by atoms with Crippen LogP contribution in [0.25, 0.3) is 5.65 Å². The zero-order valence-electron chi connectivity index (χ0n) is 26.8. The normalized spacial score (nSPS) is 15.8. The molecular formula is C34H32F4N4O7. The van der Waals surface area contributed by atoms with Crippen LogP contribution in [0.15, 0.2) is 48.7 Å². The molecule has 6 rings (SSSR count). The van der Waals surface area contributed by atoms with Crippen molar-refractivity contribution in [3.63, 3.8) is 0 Å². The molecule has 2 amide bonds. The summed E-state index contributed by atoms with van der Waals surface area (Å²) in [6.45, 7) is 1.23.